The number of aromatic nitrogens is 2. The van der Waals surface area contributed by atoms with E-state index in [-0.39, 0.29) is 16.9 Å². The van der Waals surface area contributed by atoms with E-state index in [0.29, 0.717) is 5.56 Å². The van der Waals surface area contributed by atoms with Crippen LogP contribution in [0.5, 0.6) is 0 Å². The highest BCUT2D eigenvalue weighted by Gasteiger charge is 2.35. The highest BCUT2D eigenvalue weighted by atomic mass is 35.5. The lowest BCUT2D eigenvalue weighted by Gasteiger charge is -2.12. The Labute approximate surface area is 133 Å². The van der Waals surface area contributed by atoms with Crippen LogP contribution >= 0.6 is 23.2 Å². The molecule has 2 heterocycles. The van der Waals surface area contributed by atoms with E-state index in [1.165, 1.54) is 12.1 Å². The molecule has 0 spiro atoms. The topological polar surface area (TPSA) is 54.9 Å². The van der Waals surface area contributed by atoms with Crippen LogP contribution in [0.3, 0.4) is 0 Å². The minimum absolute atomic E-state index is 0.0486. The van der Waals surface area contributed by atoms with Gasteiger partial charge in [-0.1, -0.05) is 23.2 Å². The van der Waals surface area contributed by atoms with Crippen LogP contribution in [-0.2, 0) is 12.7 Å². The summed E-state index contributed by atoms with van der Waals surface area (Å²) in [5.74, 6) is -0.899. The van der Waals surface area contributed by atoms with Crippen LogP contribution in [0.4, 0.5) is 13.2 Å². The largest absolute Gasteiger partial charge is 0.417 e. The van der Waals surface area contributed by atoms with Crippen molar-refractivity contribution < 1.29 is 18.0 Å². The van der Waals surface area contributed by atoms with E-state index < -0.39 is 23.2 Å². The molecule has 116 valence electrons. The molecule has 1 N–H and O–H groups in total. The number of hydrogen-bond donors (Lipinski definition) is 1. The van der Waals surface area contributed by atoms with E-state index in [1.54, 1.807) is 0 Å². The smallest absolute Gasteiger partial charge is 0.348 e. The van der Waals surface area contributed by atoms with Crippen LogP contribution in [0, 0.1) is 0 Å². The van der Waals surface area contributed by atoms with Crippen LogP contribution in [0.15, 0.2) is 30.6 Å². The summed E-state index contributed by atoms with van der Waals surface area (Å²) in [4.78, 5) is 19.2. The van der Waals surface area contributed by atoms with E-state index in [4.69, 9.17) is 23.2 Å². The number of nitrogens with one attached hydrogen (secondary N) is 1. The summed E-state index contributed by atoms with van der Waals surface area (Å²) >= 11 is 11.4. The van der Waals surface area contributed by atoms with Crippen LogP contribution in [0.1, 0.15) is 21.5 Å². The summed E-state index contributed by atoms with van der Waals surface area (Å²) in [6.45, 7) is -0.0486. The predicted molar refractivity (Wildman–Crippen MR) is 74.7 cm³/mol. The van der Waals surface area contributed by atoms with Gasteiger partial charge in [-0.15, -0.1) is 0 Å². The molecular formula is C13H8Cl2F3N3O. The zero-order chi connectivity index (χ0) is 16.3. The summed E-state index contributed by atoms with van der Waals surface area (Å²) in [6.07, 6.45) is -2.80. The van der Waals surface area contributed by atoms with Gasteiger partial charge in [0, 0.05) is 18.9 Å². The van der Waals surface area contributed by atoms with Crippen molar-refractivity contribution in [2.75, 3.05) is 0 Å². The number of carbonyl (C=O) groups is 1. The van der Waals surface area contributed by atoms with Gasteiger partial charge in [-0.05, 0) is 23.8 Å². The van der Waals surface area contributed by atoms with E-state index >= 15 is 0 Å². The Kier molecular flexibility index (Phi) is 4.87. The molecule has 0 radical (unpaired) electrons. The second kappa shape index (κ2) is 6.50. The minimum Gasteiger partial charge on any atom is -0.348 e. The molecule has 22 heavy (non-hydrogen) atoms. The first kappa shape index (κ1) is 16.5. The first-order chi connectivity index (χ1) is 10.3. The highest BCUT2D eigenvalue weighted by molar-refractivity contribution is 6.32. The van der Waals surface area contributed by atoms with Gasteiger partial charge < -0.3 is 5.32 Å². The number of nitrogens with zero attached hydrogens (tertiary/aromatic N) is 2. The molecule has 9 heteroatoms. The van der Waals surface area contributed by atoms with Gasteiger partial charge in [-0.3, -0.25) is 9.78 Å². The molecule has 2 aromatic rings. The summed E-state index contributed by atoms with van der Waals surface area (Å²) in [7, 11) is 0. The third-order valence-electron chi connectivity index (χ3n) is 2.65. The summed E-state index contributed by atoms with van der Waals surface area (Å²) in [6, 6.07) is 3.64. The van der Waals surface area contributed by atoms with Gasteiger partial charge in [-0.2, -0.15) is 13.2 Å². The molecule has 0 saturated heterocycles. The van der Waals surface area contributed by atoms with E-state index in [1.807, 2.05) is 0 Å². The zero-order valence-corrected chi connectivity index (χ0v) is 12.3. The second-order valence-electron chi connectivity index (χ2n) is 4.22. The standard InChI is InChI=1S/C13H8Cl2F3N3O/c14-10-3-7(4-11(15)21-10)5-20-12(22)8-6-19-2-1-9(8)13(16,17)18/h1-4,6H,5H2,(H,20,22). The average Bonchev–Trinajstić information content (AvgIpc) is 2.43. The normalized spacial score (nSPS) is 11.3. The maximum atomic E-state index is 12.8. The Morgan fingerprint density at radius 2 is 1.86 bits per heavy atom. The Balaban J connectivity index is 2.17. The number of rotatable bonds is 3. The Morgan fingerprint density at radius 3 is 2.45 bits per heavy atom. The van der Waals surface area contributed by atoms with Crippen molar-refractivity contribution in [2.45, 2.75) is 12.7 Å². The van der Waals surface area contributed by atoms with Crippen LogP contribution in [0.2, 0.25) is 10.3 Å². The lowest BCUT2D eigenvalue weighted by Crippen LogP contribution is -2.26. The van der Waals surface area contributed by atoms with Crippen molar-refractivity contribution >= 4 is 29.1 Å². The quantitative estimate of drug-likeness (QED) is 0.859. The molecule has 0 aliphatic heterocycles. The molecule has 0 aliphatic carbocycles. The summed E-state index contributed by atoms with van der Waals surface area (Å²) in [5.41, 5.74) is -1.09. The molecule has 1 amide bonds. The van der Waals surface area contributed by atoms with Gasteiger partial charge in [0.25, 0.3) is 5.91 Å². The van der Waals surface area contributed by atoms with Crippen molar-refractivity contribution in [1.82, 2.24) is 15.3 Å². The Bertz CT molecular complexity index is 687. The fourth-order valence-corrected chi connectivity index (χ4v) is 2.22. The molecule has 0 atom stereocenters. The number of halogens is 5. The van der Waals surface area contributed by atoms with Crippen molar-refractivity contribution in [3.8, 4) is 0 Å². The van der Waals surface area contributed by atoms with Gasteiger partial charge in [0.05, 0.1) is 11.1 Å². The van der Waals surface area contributed by atoms with Crippen LogP contribution in [-0.4, -0.2) is 15.9 Å². The average molecular weight is 350 g/mol. The molecule has 0 saturated carbocycles. The van der Waals surface area contributed by atoms with Crippen LogP contribution < -0.4 is 5.32 Å². The molecule has 0 bridgehead atoms. The van der Waals surface area contributed by atoms with E-state index in [0.717, 1.165) is 18.5 Å². The van der Waals surface area contributed by atoms with Crippen molar-refractivity contribution in [3.63, 3.8) is 0 Å². The highest BCUT2D eigenvalue weighted by Crippen LogP contribution is 2.31. The van der Waals surface area contributed by atoms with Crippen molar-refractivity contribution in [2.24, 2.45) is 0 Å². The predicted octanol–water partition coefficient (Wildman–Crippen LogP) is 3.73. The SMILES string of the molecule is O=C(NCc1cc(Cl)nc(Cl)c1)c1cnccc1C(F)(F)F. The third-order valence-corrected chi connectivity index (χ3v) is 3.03. The molecule has 0 fully saturated rings. The summed E-state index contributed by atoms with van der Waals surface area (Å²) < 4.78 is 38.5. The van der Waals surface area contributed by atoms with Crippen LogP contribution in [0.25, 0.3) is 0 Å². The Morgan fingerprint density at radius 1 is 1.23 bits per heavy atom. The molecule has 2 rings (SSSR count). The zero-order valence-electron chi connectivity index (χ0n) is 10.8. The van der Waals surface area contributed by atoms with Gasteiger partial charge in [0.1, 0.15) is 10.3 Å². The van der Waals surface area contributed by atoms with E-state index in [2.05, 4.69) is 15.3 Å². The second-order valence-corrected chi connectivity index (χ2v) is 5.00. The maximum absolute atomic E-state index is 12.8. The fraction of sp³-hybridized carbons (Fsp3) is 0.154. The molecule has 4 nitrogen and oxygen atoms in total. The maximum Gasteiger partial charge on any atom is 0.417 e. The number of alkyl halides is 3. The molecule has 0 unspecified atom stereocenters. The number of carbonyl (C=O) groups excluding carboxylic acids is 1. The van der Waals surface area contributed by atoms with E-state index in [9.17, 15) is 18.0 Å². The molecule has 0 aromatic carbocycles. The number of pyridine rings is 2. The summed E-state index contributed by atoms with van der Waals surface area (Å²) in [5, 5.41) is 2.60. The van der Waals surface area contributed by atoms with Crippen molar-refractivity contribution in [1.29, 1.82) is 0 Å². The van der Waals surface area contributed by atoms with Crippen molar-refractivity contribution in [3.05, 3.63) is 57.6 Å². The first-order valence-electron chi connectivity index (χ1n) is 5.89. The molecular weight excluding hydrogens is 342 g/mol. The van der Waals surface area contributed by atoms with Gasteiger partial charge in [0.15, 0.2) is 0 Å². The monoisotopic (exact) mass is 349 g/mol. The lowest BCUT2D eigenvalue weighted by atomic mass is 10.1. The van der Waals surface area contributed by atoms with Gasteiger partial charge in [0.2, 0.25) is 0 Å². The van der Waals surface area contributed by atoms with Gasteiger partial charge in [-0.25, -0.2) is 4.98 Å². The Hall–Kier alpha value is -1.86. The first-order valence-corrected chi connectivity index (χ1v) is 6.64. The fourth-order valence-electron chi connectivity index (χ4n) is 1.72. The molecule has 0 aliphatic rings. The number of hydrogen-bond acceptors (Lipinski definition) is 3. The lowest BCUT2D eigenvalue weighted by molar-refractivity contribution is -0.138. The minimum atomic E-state index is -4.64. The third kappa shape index (κ3) is 4.08. The molecule has 2 aromatic heterocycles. The number of amides is 1. The van der Waals surface area contributed by atoms with Gasteiger partial charge >= 0.3 is 6.18 Å².